The number of likely N-dealkylation sites (N-methyl/N-ethyl adjacent to an activating group) is 1. The predicted octanol–water partition coefficient (Wildman–Crippen LogP) is -3.90. The Bertz CT molecular complexity index is 499. The van der Waals surface area contributed by atoms with Crippen LogP contribution in [0.5, 0.6) is 0 Å². The molecule has 13 nitrogen and oxygen atoms in total. The lowest BCUT2D eigenvalue weighted by Gasteiger charge is -2.31. The summed E-state index contributed by atoms with van der Waals surface area (Å²) < 4.78 is 0. The van der Waals surface area contributed by atoms with Gasteiger partial charge in [-0.15, -0.1) is 0 Å². The fourth-order valence-electron chi connectivity index (χ4n) is 4.93. The molecule has 41 heavy (non-hydrogen) atoms. The zero-order chi connectivity index (χ0) is 30.4. The van der Waals surface area contributed by atoms with Crippen LogP contribution in [0.2, 0.25) is 0 Å². The van der Waals surface area contributed by atoms with Crippen LogP contribution in [-0.4, -0.2) is 195 Å². The van der Waals surface area contributed by atoms with Gasteiger partial charge in [0.1, 0.15) is 0 Å². The highest BCUT2D eigenvalue weighted by atomic mass is 15.3. The van der Waals surface area contributed by atoms with Gasteiger partial charge in [-0.1, -0.05) is 6.92 Å². The SMILES string of the molecule is CCCN(CCN)CCNCCN(CCN(CCN)CCN)CCN(CCNCCNC)CCN(CCN)CCN. The van der Waals surface area contributed by atoms with Crippen LogP contribution in [0.4, 0.5) is 0 Å². The van der Waals surface area contributed by atoms with E-state index in [1.165, 1.54) is 0 Å². The molecule has 13 N–H and O–H groups in total. The lowest BCUT2D eigenvalue weighted by molar-refractivity contribution is 0.164. The third kappa shape index (κ3) is 24.6. The molecule has 0 aromatic rings. The van der Waals surface area contributed by atoms with Gasteiger partial charge in [0.25, 0.3) is 0 Å². The maximum Gasteiger partial charge on any atom is 0.0110 e. The molecule has 0 aliphatic heterocycles. The Morgan fingerprint density at radius 2 is 0.659 bits per heavy atom. The molecule has 0 aliphatic carbocycles. The molecule has 0 spiro atoms. The van der Waals surface area contributed by atoms with E-state index in [4.69, 9.17) is 28.7 Å². The summed E-state index contributed by atoms with van der Waals surface area (Å²) >= 11 is 0. The van der Waals surface area contributed by atoms with E-state index in [-0.39, 0.29) is 0 Å². The van der Waals surface area contributed by atoms with Crippen molar-refractivity contribution in [3.05, 3.63) is 0 Å². The van der Waals surface area contributed by atoms with Crippen molar-refractivity contribution in [1.82, 2.24) is 40.4 Å². The van der Waals surface area contributed by atoms with E-state index in [9.17, 15) is 0 Å². The summed E-state index contributed by atoms with van der Waals surface area (Å²) in [7, 11) is 1.99. The van der Waals surface area contributed by atoms with Gasteiger partial charge in [-0.3, -0.25) is 19.6 Å². The molecule has 0 aliphatic rings. The first-order valence-electron chi connectivity index (χ1n) is 16.3. The lowest BCUT2D eigenvalue weighted by atomic mass is 10.3. The van der Waals surface area contributed by atoms with E-state index in [1.807, 2.05) is 7.05 Å². The highest BCUT2D eigenvalue weighted by Gasteiger charge is 2.13. The minimum absolute atomic E-state index is 0.662. The van der Waals surface area contributed by atoms with Crippen LogP contribution in [0.3, 0.4) is 0 Å². The Kier molecular flexibility index (Phi) is 30.5. The van der Waals surface area contributed by atoms with E-state index >= 15 is 0 Å². The quantitative estimate of drug-likeness (QED) is 0.0348. The lowest BCUT2D eigenvalue weighted by Crippen LogP contribution is -2.47. The third-order valence-corrected chi connectivity index (χ3v) is 7.33. The molecule has 0 unspecified atom stereocenters. The first kappa shape index (κ1) is 40.5. The number of hydrogen-bond donors (Lipinski definition) is 8. The highest BCUT2D eigenvalue weighted by Crippen LogP contribution is 1.98. The fraction of sp³-hybridized carbons (Fsp3) is 1.00. The summed E-state index contributed by atoms with van der Waals surface area (Å²) in [6.07, 6.45) is 1.16. The summed E-state index contributed by atoms with van der Waals surface area (Å²) in [6.45, 7) is 25.3. The number of nitrogens with zero attached hydrogens (tertiary/aromatic N) is 5. The normalized spacial score (nSPS) is 12.3. The number of nitrogens with one attached hydrogen (secondary N) is 3. The summed E-state index contributed by atoms with van der Waals surface area (Å²) in [6, 6.07) is 0. The highest BCUT2D eigenvalue weighted by molar-refractivity contribution is 4.71. The zero-order valence-electron chi connectivity index (χ0n) is 27.0. The van der Waals surface area contributed by atoms with Crippen molar-refractivity contribution >= 4 is 0 Å². The minimum Gasteiger partial charge on any atom is -0.329 e. The largest absolute Gasteiger partial charge is 0.329 e. The van der Waals surface area contributed by atoms with Gasteiger partial charge in [0.15, 0.2) is 0 Å². The second-order valence-electron chi connectivity index (χ2n) is 10.8. The van der Waals surface area contributed by atoms with Gasteiger partial charge in [0, 0.05) is 157 Å². The molecule has 0 saturated heterocycles. The Morgan fingerprint density at radius 1 is 0.366 bits per heavy atom. The second kappa shape index (κ2) is 30.9. The maximum atomic E-state index is 5.87. The summed E-state index contributed by atoms with van der Waals surface area (Å²) in [5.74, 6) is 0. The van der Waals surface area contributed by atoms with Crippen LogP contribution in [-0.2, 0) is 0 Å². The van der Waals surface area contributed by atoms with Gasteiger partial charge >= 0.3 is 0 Å². The maximum absolute atomic E-state index is 5.87. The molecule has 248 valence electrons. The van der Waals surface area contributed by atoms with Crippen molar-refractivity contribution in [3.63, 3.8) is 0 Å². The van der Waals surface area contributed by atoms with Crippen molar-refractivity contribution < 1.29 is 0 Å². The van der Waals surface area contributed by atoms with E-state index in [1.54, 1.807) is 0 Å². The fourth-order valence-corrected chi connectivity index (χ4v) is 4.93. The van der Waals surface area contributed by atoms with E-state index in [0.29, 0.717) is 32.7 Å². The summed E-state index contributed by atoms with van der Waals surface area (Å²) in [5, 5.41) is 10.4. The minimum atomic E-state index is 0.662. The molecule has 0 rings (SSSR count). The van der Waals surface area contributed by atoms with E-state index < -0.39 is 0 Å². The molecule has 0 atom stereocenters. The van der Waals surface area contributed by atoms with Gasteiger partial charge in [0.05, 0.1) is 0 Å². The van der Waals surface area contributed by atoms with Crippen molar-refractivity contribution in [3.8, 4) is 0 Å². The van der Waals surface area contributed by atoms with Crippen LogP contribution in [0.1, 0.15) is 13.3 Å². The standard InChI is InChI=1S/C28H71N13/c1-3-14-37(15-4-29)20-12-36-13-22-41(26-24-39(18-7-32)19-8-33)28-27-40(21-11-35-10-9-34-2)25-23-38(16-5-30)17-6-31/h34-36H,3-33H2,1-2H3. The van der Waals surface area contributed by atoms with Crippen LogP contribution in [0.25, 0.3) is 0 Å². The Labute approximate surface area is 253 Å². The van der Waals surface area contributed by atoms with Crippen LogP contribution in [0.15, 0.2) is 0 Å². The van der Waals surface area contributed by atoms with Gasteiger partial charge in [-0.25, -0.2) is 0 Å². The monoisotopic (exact) mass is 590 g/mol. The second-order valence-corrected chi connectivity index (χ2v) is 10.8. The number of hydrogen-bond acceptors (Lipinski definition) is 13. The predicted molar refractivity (Wildman–Crippen MR) is 177 cm³/mol. The smallest absolute Gasteiger partial charge is 0.0110 e. The molecule has 0 aromatic carbocycles. The van der Waals surface area contributed by atoms with E-state index in [2.05, 4.69) is 47.4 Å². The molecular formula is C28H71N13. The van der Waals surface area contributed by atoms with Crippen molar-refractivity contribution in [1.29, 1.82) is 0 Å². The first-order valence-corrected chi connectivity index (χ1v) is 16.3. The topological polar surface area (TPSA) is 182 Å². The first-order chi connectivity index (χ1) is 20.1. The molecule has 0 heterocycles. The van der Waals surface area contributed by atoms with Crippen molar-refractivity contribution in [2.45, 2.75) is 13.3 Å². The molecule has 13 heteroatoms. The molecule has 0 aromatic heterocycles. The number of rotatable bonds is 33. The molecular weight excluding hydrogens is 518 g/mol. The van der Waals surface area contributed by atoms with Gasteiger partial charge in [-0.2, -0.15) is 0 Å². The van der Waals surface area contributed by atoms with E-state index in [0.717, 1.165) is 137 Å². The molecule has 0 bridgehead atoms. The van der Waals surface area contributed by atoms with Gasteiger partial charge < -0.3 is 49.5 Å². The number of nitrogens with two attached hydrogens (primary N) is 5. The van der Waals surface area contributed by atoms with Crippen molar-refractivity contribution in [2.75, 3.05) is 171 Å². The average molecular weight is 590 g/mol. The molecule has 0 radical (unpaired) electrons. The zero-order valence-corrected chi connectivity index (χ0v) is 27.0. The Balaban J connectivity index is 5.07. The van der Waals surface area contributed by atoms with Crippen molar-refractivity contribution in [2.24, 2.45) is 28.7 Å². The molecule has 0 amide bonds. The Morgan fingerprint density at radius 3 is 0.951 bits per heavy atom. The third-order valence-electron chi connectivity index (χ3n) is 7.33. The molecule has 0 saturated carbocycles. The van der Waals surface area contributed by atoms with Gasteiger partial charge in [-0.05, 0) is 20.0 Å². The van der Waals surface area contributed by atoms with Crippen LogP contribution < -0.4 is 44.6 Å². The Hall–Kier alpha value is -0.520. The summed E-state index contributed by atoms with van der Waals surface area (Å²) in [4.78, 5) is 12.4. The van der Waals surface area contributed by atoms with Gasteiger partial charge in [0.2, 0.25) is 0 Å². The van der Waals surface area contributed by atoms with Crippen LogP contribution >= 0.6 is 0 Å². The summed E-state index contributed by atoms with van der Waals surface area (Å²) in [5.41, 5.74) is 29.2. The van der Waals surface area contributed by atoms with Crippen LogP contribution in [0, 0.1) is 0 Å². The molecule has 0 fully saturated rings. The average Bonchev–Trinajstić information content (AvgIpc) is 2.96.